The van der Waals surface area contributed by atoms with Crippen molar-refractivity contribution >= 4 is 40.1 Å². The lowest BCUT2D eigenvalue weighted by atomic mass is 10.1. The zero-order valence-electron chi connectivity index (χ0n) is 15.5. The van der Waals surface area contributed by atoms with Gasteiger partial charge in [0.1, 0.15) is 5.75 Å². The number of likely N-dealkylation sites (N-methyl/N-ethyl adjacent to an activating group) is 1. The van der Waals surface area contributed by atoms with Gasteiger partial charge in [-0.25, -0.2) is 0 Å². The summed E-state index contributed by atoms with van der Waals surface area (Å²) in [5.74, 6) is 1.03. The van der Waals surface area contributed by atoms with Gasteiger partial charge in [0.15, 0.2) is 11.5 Å². The largest absolute Gasteiger partial charge is 0.497 e. The molecule has 27 heavy (non-hydrogen) atoms. The molecule has 8 heteroatoms. The molecular weight excluding hydrogens is 463 g/mol. The number of nitrogens with one attached hydrogen (secondary N) is 1. The summed E-state index contributed by atoms with van der Waals surface area (Å²) in [6.07, 6.45) is 0. The van der Waals surface area contributed by atoms with Crippen molar-refractivity contribution in [2.75, 3.05) is 40.2 Å². The number of halogens is 1. The topological polar surface area (TPSA) is 77.1 Å². The first-order chi connectivity index (χ1) is 12.9. The molecule has 0 radical (unpaired) electrons. The van der Waals surface area contributed by atoms with Crippen LogP contribution in [0.25, 0.3) is 0 Å². The normalized spacial score (nSPS) is 10.1. The fourth-order valence-corrected chi connectivity index (χ4v) is 3.08. The first-order valence-electron chi connectivity index (χ1n) is 8.00. The molecule has 7 nitrogen and oxygen atoms in total. The molecule has 1 N–H and O–H groups in total. The predicted octanol–water partition coefficient (Wildman–Crippen LogP) is 3.03. The number of anilines is 1. The number of amides is 2. The van der Waals surface area contributed by atoms with E-state index < -0.39 is 0 Å². The number of benzene rings is 2. The molecule has 144 valence electrons. The van der Waals surface area contributed by atoms with E-state index in [1.165, 1.54) is 19.1 Å². The van der Waals surface area contributed by atoms with E-state index in [9.17, 15) is 9.59 Å². The number of nitrogens with zero attached hydrogens (tertiary/aromatic N) is 1. The summed E-state index contributed by atoms with van der Waals surface area (Å²) in [4.78, 5) is 26.4. The van der Waals surface area contributed by atoms with Crippen LogP contribution in [0.2, 0.25) is 0 Å². The predicted molar refractivity (Wildman–Crippen MR) is 111 cm³/mol. The Labute approximate surface area is 171 Å². The summed E-state index contributed by atoms with van der Waals surface area (Å²) in [5, 5.41) is 2.75. The van der Waals surface area contributed by atoms with Gasteiger partial charge in [0.2, 0.25) is 5.91 Å². The average molecular weight is 484 g/mol. The number of ether oxygens (including phenoxy) is 3. The van der Waals surface area contributed by atoms with Gasteiger partial charge in [0.05, 0.1) is 33.4 Å². The molecule has 2 aromatic carbocycles. The van der Waals surface area contributed by atoms with Crippen LogP contribution in [0.15, 0.2) is 36.4 Å². The van der Waals surface area contributed by atoms with Crippen molar-refractivity contribution in [2.45, 2.75) is 0 Å². The second kappa shape index (κ2) is 9.45. The van der Waals surface area contributed by atoms with Crippen LogP contribution in [0, 0.1) is 3.57 Å². The molecule has 0 atom stereocenters. The van der Waals surface area contributed by atoms with Crippen molar-refractivity contribution in [3.8, 4) is 17.2 Å². The van der Waals surface area contributed by atoms with Crippen molar-refractivity contribution in [3.63, 3.8) is 0 Å². The Kier molecular flexibility index (Phi) is 7.28. The Hall–Kier alpha value is -2.49. The highest BCUT2D eigenvalue weighted by molar-refractivity contribution is 14.1. The Bertz CT molecular complexity index is 841. The van der Waals surface area contributed by atoms with Gasteiger partial charge in [0, 0.05) is 22.4 Å². The standard InChI is InChI=1S/C19H21IN2O5/c1-22(11-18(23)21-12-6-5-7-13(8-12)25-2)19(24)14-9-16(26-3)17(27-4)10-15(14)20/h5-10H,11H2,1-4H3,(H,21,23). The van der Waals surface area contributed by atoms with Crippen LogP contribution in [0.1, 0.15) is 10.4 Å². The van der Waals surface area contributed by atoms with Crippen LogP contribution in [0.4, 0.5) is 5.69 Å². The highest BCUT2D eigenvalue weighted by atomic mass is 127. The third-order valence-electron chi connectivity index (χ3n) is 3.78. The minimum absolute atomic E-state index is 0.0968. The number of hydrogen-bond acceptors (Lipinski definition) is 5. The van der Waals surface area contributed by atoms with Crippen LogP contribution in [0.5, 0.6) is 17.2 Å². The van der Waals surface area contributed by atoms with Gasteiger partial charge in [0.25, 0.3) is 5.91 Å². The summed E-state index contributed by atoms with van der Waals surface area (Å²) in [6, 6.07) is 10.3. The van der Waals surface area contributed by atoms with E-state index in [2.05, 4.69) is 27.9 Å². The molecule has 0 spiro atoms. The quantitative estimate of drug-likeness (QED) is 0.612. The van der Waals surface area contributed by atoms with Crippen molar-refractivity contribution in [2.24, 2.45) is 0 Å². The van der Waals surface area contributed by atoms with E-state index in [1.54, 1.807) is 50.6 Å². The number of rotatable bonds is 7. The molecule has 2 amide bonds. The summed E-state index contributed by atoms with van der Waals surface area (Å²) in [5.41, 5.74) is 1.03. The van der Waals surface area contributed by atoms with Crippen LogP contribution in [-0.4, -0.2) is 51.6 Å². The number of methoxy groups -OCH3 is 3. The second-order valence-corrected chi connectivity index (χ2v) is 6.79. The van der Waals surface area contributed by atoms with Crippen LogP contribution < -0.4 is 19.5 Å². The van der Waals surface area contributed by atoms with Crippen molar-refractivity contribution in [1.82, 2.24) is 4.90 Å². The van der Waals surface area contributed by atoms with E-state index >= 15 is 0 Å². The highest BCUT2D eigenvalue weighted by Crippen LogP contribution is 2.31. The molecule has 0 saturated heterocycles. The lowest BCUT2D eigenvalue weighted by Gasteiger charge is -2.19. The molecular formula is C19H21IN2O5. The third-order valence-corrected chi connectivity index (χ3v) is 4.68. The zero-order valence-corrected chi connectivity index (χ0v) is 17.7. The Morgan fingerprint density at radius 3 is 2.33 bits per heavy atom. The molecule has 0 bridgehead atoms. The van der Waals surface area contributed by atoms with Crippen molar-refractivity contribution < 1.29 is 23.8 Å². The zero-order chi connectivity index (χ0) is 20.0. The molecule has 0 saturated carbocycles. The Morgan fingerprint density at radius 2 is 1.70 bits per heavy atom. The molecule has 0 aromatic heterocycles. The van der Waals surface area contributed by atoms with E-state index in [4.69, 9.17) is 14.2 Å². The lowest BCUT2D eigenvalue weighted by molar-refractivity contribution is -0.116. The fourth-order valence-electron chi connectivity index (χ4n) is 2.41. The summed E-state index contributed by atoms with van der Waals surface area (Å²) < 4.78 is 16.3. The SMILES string of the molecule is COc1cccc(NC(=O)CN(C)C(=O)c2cc(OC)c(OC)cc2I)c1. The Morgan fingerprint density at radius 1 is 1.04 bits per heavy atom. The van der Waals surface area contributed by atoms with E-state index in [1.807, 2.05) is 0 Å². The number of carbonyl (C=O) groups excluding carboxylic acids is 2. The van der Waals surface area contributed by atoms with Crippen molar-refractivity contribution in [1.29, 1.82) is 0 Å². The number of hydrogen-bond donors (Lipinski definition) is 1. The minimum atomic E-state index is -0.311. The molecule has 0 fully saturated rings. The maximum atomic E-state index is 12.7. The third kappa shape index (κ3) is 5.25. The maximum absolute atomic E-state index is 12.7. The molecule has 0 unspecified atom stereocenters. The molecule has 0 heterocycles. The molecule has 0 aliphatic heterocycles. The maximum Gasteiger partial charge on any atom is 0.255 e. The van der Waals surface area contributed by atoms with Gasteiger partial charge in [-0.05, 0) is 46.9 Å². The molecule has 0 aliphatic rings. The minimum Gasteiger partial charge on any atom is -0.497 e. The summed E-state index contributed by atoms with van der Waals surface area (Å²) >= 11 is 2.05. The number of carbonyl (C=O) groups is 2. The summed E-state index contributed by atoms with van der Waals surface area (Å²) in [7, 11) is 6.16. The summed E-state index contributed by atoms with van der Waals surface area (Å²) in [6.45, 7) is -0.0968. The molecule has 0 aliphatic carbocycles. The fraction of sp³-hybridized carbons (Fsp3) is 0.263. The van der Waals surface area contributed by atoms with E-state index in [0.29, 0.717) is 32.1 Å². The van der Waals surface area contributed by atoms with E-state index in [0.717, 1.165) is 0 Å². The molecule has 2 aromatic rings. The van der Waals surface area contributed by atoms with Crippen LogP contribution >= 0.6 is 22.6 Å². The molecule has 2 rings (SSSR count). The van der Waals surface area contributed by atoms with Crippen molar-refractivity contribution in [3.05, 3.63) is 45.5 Å². The van der Waals surface area contributed by atoms with Gasteiger partial charge >= 0.3 is 0 Å². The highest BCUT2D eigenvalue weighted by Gasteiger charge is 2.20. The van der Waals surface area contributed by atoms with Crippen LogP contribution in [0.3, 0.4) is 0 Å². The Balaban J connectivity index is 2.09. The smallest absolute Gasteiger partial charge is 0.255 e. The van der Waals surface area contributed by atoms with Gasteiger partial charge in [-0.2, -0.15) is 0 Å². The monoisotopic (exact) mass is 484 g/mol. The second-order valence-electron chi connectivity index (χ2n) is 5.63. The van der Waals surface area contributed by atoms with Gasteiger partial charge in [-0.3, -0.25) is 9.59 Å². The lowest BCUT2D eigenvalue weighted by Crippen LogP contribution is -2.35. The first kappa shape index (κ1) is 20.8. The first-order valence-corrected chi connectivity index (χ1v) is 9.08. The van der Waals surface area contributed by atoms with Gasteiger partial charge < -0.3 is 24.4 Å². The van der Waals surface area contributed by atoms with Crippen LogP contribution in [-0.2, 0) is 4.79 Å². The average Bonchev–Trinajstić information content (AvgIpc) is 2.67. The van der Waals surface area contributed by atoms with Gasteiger partial charge in [-0.15, -0.1) is 0 Å². The van der Waals surface area contributed by atoms with E-state index in [-0.39, 0.29) is 18.4 Å². The van der Waals surface area contributed by atoms with Gasteiger partial charge in [-0.1, -0.05) is 6.07 Å².